The van der Waals surface area contributed by atoms with Crippen molar-refractivity contribution < 1.29 is 0 Å². The quantitative estimate of drug-likeness (QED) is 0.758. The summed E-state index contributed by atoms with van der Waals surface area (Å²) in [6, 6.07) is 0.725. The number of rotatable bonds is 4. The second kappa shape index (κ2) is 6.33. The highest BCUT2D eigenvalue weighted by atomic mass is 15.3. The molecule has 4 heteroatoms. The SMILES string of the molecule is CN1CCC(NCC(C)(C)N2CCNCC2)CC1. The molecule has 2 saturated heterocycles. The van der Waals surface area contributed by atoms with E-state index in [0.29, 0.717) is 0 Å². The molecule has 0 atom stereocenters. The van der Waals surface area contributed by atoms with Crippen LogP contribution in [0.5, 0.6) is 0 Å². The van der Waals surface area contributed by atoms with Gasteiger partial charge in [0.25, 0.3) is 0 Å². The molecule has 0 aromatic carbocycles. The topological polar surface area (TPSA) is 30.5 Å². The molecule has 4 nitrogen and oxygen atoms in total. The van der Waals surface area contributed by atoms with Crippen molar-refractivity contribution in [1.29, 1.82) is 0 Å². The van der Waals surface area contributed by atoms with Crippen molar-refractivity contribution >= 4 is 0 Å². The largest absolute Gasteiger partial charge is 0.314 e. The number of hydrogen-bond acceptors (Lipinski definition) is 4. The van der Waals surface area contributed by atoms with Crippen molar-refractivity contribution in [3.8, 4) is 0 Å². The predicted molar refractivity (Wildman–Crippen MR) is 77.0 cm³/mol. The maximum atomic E-state index is 3.79. The molecule has 0 aromatic rings. The molecule has 106 valence electrons. The number of hydrogen-bond donors (Lipinski definition) is 2. The first-order chi connectivity index (χ1) is 8.58. The van der Waals surface area contributed by atoms with Crippen LogP contribution in [-0.2, 0) is 0 Å². The zero-order chi connectivity index (χ0) is 13.0. The van der Waals surface area contributed by atoms with Crippen LogP contribution in [0.3, 0.4) is 0 Å². The second-order valence-electron chi connectivity index (χ2n) is 6.51. The molecule has 2 N–H and O–H groups in total. The molecule has 0 bridgehead atoms. The van der Waals surface area contributed by atoms with Crippen LogP contribution in [0, 0.1) is 0 Å². The van der Waals surface area contributed by atoms with Gasteiger partial charge in [0.2, 0.25) is 0 Å². The molecule has 2 rings (SSSR count). The van der Waals surface area contributed by atoms with Gasteiger partial charge < -0.3 is 15.5 Å². The van der Waals surface area contributed by atoms with Gasteiger partial charge >= 0.3 is 0 Å². The van der Waals surface area contributed by atoms with Crippen molar-refractivity contribution in [2.45, 2.75) is 38.3 Å². The second-order valence-corrected chi connectivity index (χ2v) is 6.51. The van der Waals surface area contributed by atoms with Crippen molar-refractivity contribution in [2.75, 3.05) is 52.9 Å². The summed E-state index contributed by atoms with van der Waals surface area (Å²) in [5, 5.41) is 7.22. The molecular weight excluding hydrogens is 224 g/mol. The van der Waals surface area contributed by atoms with E-state index in [0.717, 1.165) is 25.7 Å². The average Bonchev–Trinajstić information content (AvgIpc) is 2.39. The van der Waals surface area contributed by atoms with Crippen LogP contribution in [0.4, 0.5) is 0 Å². The van der Waals surface area contributed by atoms with E-state index < -0.39 is 0 Å². The van der Waals surface area contributed by atoms with Crippen LogP contribution in [0.25, 0.3) is 0 Å². The summed E-state index contributed by atoms with van der Waals surface area (Å²) < 4.78 is 0. The zero-order valence-electron chi connectivity index (χ0n) is 12.3. The molecule has 18 heavy (non-hydrogen) atoms. The van der Waals surface area contributed by atoms with Crippen LogP contribution >= 0.6 is 0 Å². The van der Waals surface area contributed by atoms with E-state index in [-0.39, 0.29) is 5.54 Å². The van der Waals surface area contributed by atoms with Gasteiger partial charge in [0.05, 0.1) is 0 Å². The van der Waals surface area contributed by atoms with Crippen LogP contribution in [0.1, 0.15) is 26.7 Å². The maximum absolute atomic E-state index is 3.79. The van der Waals surface area contributed by atoms with Gasteiger partial charge in [-0.1, -0.05) is 0 Å². The zero-order valence-corrected chi connectivity index (χ0v) is 12.3. The van der Waals surface area contributed by atoms with E-state index in [4.69, 9.17) is 0 Å². The Balaban J connectivity index is 1.73. The predicted octanol–water partition coefficient (Wildman–Crippen LogP) is 0.354. The van der Waals surface area contributed by atoms with Gasteiger partial charge in [-0.25, -0.2) is 0 Å². The molecule has 0 saturated carbocycles. The van der Waals surface area contributed by atoms with Gasteiger partial charge in [-0.05, 0) is 46.8 Å². The van der Waals surface area contributed by atoms with Gasteiger partial charge in [-0.15, -0.1) is 0 Å². The highest BCUT2D eigenvalue weighted by molar-refractivity contribution is 4.88. The molecule has 0 spiro atoms. The first-order valence-corrected chi connectivity index (χ1v) is 7.46. The van der Waals surface area contributed by atoms with E-state index in [2.05, 4.69) is 41.3 Å². The van der Waals surface area contributed by atoms with Crippen LogP contribution in [0.2, 0.25) is 0 Å². The van der Waals surface area contributed by atoms with Gasteiger partial charge in [0, 0.05) is 44.3 Å². The standard InChI is InChI=1S/C14H30N4/c1-14(2,18-10-6-15-7-11-18)12-16-13-4-8-17(3)9-5-13/h13,15-16H,4-12H2,1-3H3. The van der Waals surface area contributed by atoms with Crippen molar-refractivity contribution in [2.24, 2.45) is 0 Å². The summed E-state index contributed by atoms with van der Waals surface area (Å²) in [6.07, 6.45) is 2.60. The first kappa shape index (κ1) is 14.3. The number of likely N-dealkylation sites (tertiary alicyclic amines) is 1. The minimum absolute atomic E-state index is 0.283. The molecule has 0 aliphatic carbocycles. The number of nitrogens with zero attached hydrogens (tertiary/aromatic N) is 2. The van der Waals surface area contributed by atoms with E-state index >= 15 is 0 Å². The fourth-order valence-corrected chi connectivity index (χ4v) is 2.99. The fraction of sp³-hybridized carbons (Fsp3) is 1.00. The van der Waals surface area contributed by atoms with Crippen molar-refractivity contribution in [3.63, 3.8) is 0 Å². The van der Waals surface area contributed by atoms with Crippen LogP contribution < -0.4 is 10.6 Å². The lowest BCUT2D eigenvalue weighted by Crippen LogP contribution is -2.58. The van der Waals surface area contributed by atoms with Gasteiger partial charge in [0.1, 0.15) is 0 Å². The lowest BCUT2D eigenvalue weighted by atomic mass is 9.99. The summed E-state index contributed by atoms with van der Waals surface area (Å²) in [5.74, 6) is 0. The summed E-state index contributed by atoms with van der Waals surface area (Å²) >= 11 is 0. The van der Waals surface area contributed by atoms with E-state index in [9.17, 15) is 0 Å². The lowest BCUT2D eigenvalue weighted by molar-refractivity contribution is 0.0955. The third-order valence-electron chi connectivity index (χ3n) is 4.51. The van der Waals surface area contributed by atoms with Gasteiger partial charge in [-0.3, -0.25) is 4.90 Å². The highest BCUT2D eigenvalue weighted by Gasteiger charge is 2.28. The molecule has 2 heterocycles. The fourth-order valence-electron chi connectivity index (χ4n) is 2.99. The number of piperazine rings is 1. The molecule has 2 aliphatic heterocycles. The lowest BCUT2D eigenvalue weighted by Gasteiger charge is -2.42. The molecular formula is C14H30N4. The summed E-state index contributed by atoms with van der Waals surface area (Å²) in [5.41, 5.74) is 0.283. The Kier molecular flexibility index (Phi) is 5.01. The third-order valence-corrected chi connectivity index (χ3v) is 4.51. The third kappa shape index (κ3) is 3.92. The van der Waals surface area contributed by atoms with Crippen LogP contribution in [-0.4, -0.2) is 74.2 Å². The van der Waals surface area contributed by atoms with Crippen molar-refractivity contribution in [3.05, 3.63) is 0 Å². The molecule has 0 aromatic heterocycles. The van der Waals surface area contributed by atoms with Gasteiger partial charge in [0.15, 0.2) is 0 Å². The minimum atomic E-state index is 0.283. The first-order valence-electron chi connectivity index (χ1n) is 7.46. The molecule has 2 fully saturated rings. The van der Waals surface area contributed by atoms with Crippen molar-refractivity contribution in [1.82, 2.24) is 20.4 Å². The van der Waals surface area contributed by atoms with E-state index in [1.165, 1.54) is 39.0 Å². The summed E-state index contributed by atoms with van der Waals surface area (Å²) in [7, 11) is 2.22. The van der Waals surface area contributed by atoms with E-state index in [1.54, 1.807) is 0 Å². The summed E-state index contributed by atoms with van der Waals surface area (Å²) in [4.78, 5) is 5.05. The monoisotopic (exact) mass is 254 g/mol. The molecule has 0 amide bonds. The Labute approximate surface area is 112 Å². The number of nitrogens with one attached hydrogen (secondary N) is 2. The molecule has 0 radical (unpaired) electrons. The Morgan fingerprint density at radius 1 is 1.11 bits per heavy atom. The average molecular weight is 254 g/mol. The number of piperidine rings is 1. The highest BCUT2D eigenvalue weighted by Crippen LogP contribution is 2.16. The van der Waals surface area contributed by atoms with Gasteiger partial charge in [-0.2, -0.15) is 0 Å². The Morgan fingerprint density at radius 3 is 2.33 bits per heavy atom. The smallest absolute Gasteiger partial charge is 0.0278 e. The van der Waals surface area contributed by atoms with Crippen LogP contribution in [0.15, 0.2) is 0 Å². The molecule has 0 unspecified atom stereocenters. The Hall–Kier alpha value is -0.160. The minimum Gasteiger partial charge on any atom is -0.314 e. The summed E-state index contributed by atoms with van der Waals surface area (Å²) in [6.45, 7) is 13.0. The maximum Gasteiger partial charge on any atom is 0.0278 e. The molecule has 2 aliphatic rings. The Bertz CT molecular complexity index is 240. The van der Waals surface area contributed by atoms with E-state index in [1.807, 2.05) is 0 Å². The Morgan fingerprint density at radius 2 is 1.72 bits per heavy atom. The normalized spacial score (nSPS) is 25.5.